The Morgan fingerprint density at radius 3 is 2.46 bits per heavy atom. The molecule has 1 saturated heterocycles. The molecule has 3 heterocycles. The fourth-order valence-corrected chi connectivity index (χ4v) is 6.18. The SMILES string of the molecule is Cc1ccc(N=C(C=C(N)C(C)(C)C)NC(=O)NC2CC[C@@H](Oc3ccc4nnc(N5CCC(CO)CC5)n4c3)c3ccccc32)cc1. The molecular weight excluding hydrogens is 604 g/mol. The van der Waals surface area contributed by atoms with Crippen molar-refractivity contribution in [1.82, 2.24) is 25.2 Å². The van der Waals surface area contributed by atoms with Crippen LogP contribution in [0.2, 0.25) is 0 Å². The maximum Gasteiger partial charge on any atom is 0.320 e. The minimum atomic E-state index is -0.355. The number of aliphatic hydroxyl groups is 1. The number of pyridine rings is 1. The van der Waals surface area contributed by atoms with Crippen LogP contribution in [0.5, 0.6) is 5.75 Å². The second kappa shape index (κ2) is 14.1. The normalized spacial score (nSPS) is 19.2. The first-order chi connectivity index (χ1) is 23.1. The predicted molar refractivity (Wildman–Crippen MR) is 188 cm³/mol. The van der Waals surface area contributed by atoms with E-state index in [1.54, 1.807) is 6.08 Å². The number of carbonyl (C=O) groups is 1. The van der Waals surface area contributed by atoms with E-state index in [0.717, 1.165) is 65.7 Å². The minimum absolute atomic E-state index is 0.187. The molecule has 2 aromatic carbocycles. The van der Waals surface area contributed by atoms with Crippen molar-refractivity contribution in [2.45, 2.75) is 65.5 Å². The van der Waals surface area contributed by atoms with E-state index in [-0.39, 0.29) is 30.2 Å². The number of aromatic nitrogens is 3. The van der Waals surface area contributed by atoms with Crippen molar-refractivity contribution < 1.29 is 14.6 Å². The summed E-state index contributed by atoms with van der Waals surface area (Å²) in [6, 6.07) is 19.2. The van der Waals surface area contributed by atoms with E-state index in [1.807, 2.05) is 92.9 Å². The molecular formula is C37H46N8O3. The molecule has 0 spiro atoms. The zero-order valence-electron chi connectivity index (χ0n) is 28.2. The van der Waals surface area contributed by atoms with Gasteiger partial charge in [0.1, 0.15) is 17.7 Å². The van der Waals surface area contributed by atoms with E-state index in [2.05, 4.69) is 31.8 Å². The lowest BCUT2D eigenvalue weighted by Gasteiger charge is -2.32. The van der Waals surface area contributed by atoms with Crippen molar-refractivity contribution >= 4 is 29.1 Å². The van der Waals surface area contributed by atoms with E-state index in [4.69, 9.17) is 15.5 Å². The average molecular weight is 651 g/mol. The van der Waals surface area contributed by atoms with Crippen LogP contribution >= 0.6 is 0 Å². The summed E-state index contributed by atoms with van der Waals surface area (Å²) in [5, 5.41) is 24.5. The number of allylic oxidation sites excluding steroid dienone is 1. The molecule has 1 unspecified atom stereocenters. The Labute approximate surface area is 281 Å². The Hall–Kier alpha value is -4.90. The quantitative estimate of drug-likeness (QED) is 0.139. The number of urea groups is 1. The number of anilines is 1. The van der Waals surface area contributed by atoms with Gasteiger partial charge in [-0.1, -0.05) is 62.7 Å². The average Bonchev–Trinajstić information content (AvgIpc) is 3.50. The molecule has 2 aromatic heterocycles. The lowest BCUT2D eigenvalue weighted by molar-refractivity contribution is 0.171. The number of rotatable bonds is 7. The summed E-state index contributed by atoms with van der Waals surface area (Å²) >= 11 is 0. The summed E-state index contributed by atoms with van der Waals surface area (Å²) in [6.07, 6.45) is 6.76. The molecule has 2 atom stereocenters. The molecule has 48 heavy (non-hydrogen) atoms. The maximum absolute atomic E-state index is 13.4. The summed E-state index contributed by atoms with van der Waals surface area (Å²) in [5.41, 5.74) is 11.4. The third kappa shape index (κ3) is 7.62. The van der Waals surface area contributed by atoms with Crippen LogP contribution in [-0.2, 0) is 0 Å². The number of nitrogens with zero attached hydrogens (tertiary/aromatic N) is 5. The van der Waals surface area contributed by atoms with Gasteiger partial charge in [0.2, 0.25) is 5.95 Å². The number of carbonyl (C=O) groups excluding carboxylic acids is 1. The molecule has 252 valence electrons. The Kier molecular flexibility index (Phi) is 9.68. The number of amides is 2. The minimum Gasteiger partial charge on any atom is -0.484 e. The number of aliphatic hydroxyl groups excluding tert-OH is 1. The van der Waals surface area contributed by atoms with Crippen molar-refractivity contribution in [2.75, 3.05) is 24.6 Å². The first kappa shape index (κ1) is 33.0. The van der Waals surface area contributed by atoms with Gasteiger partial charge in [-0.25, -0.2) is 9.79 Å². The van der Waals surface area contributed by atoms with Gasteiger partial charge >= 0.3 is 6.03 Å². The highest BCUT2D eigenvalue weighted by Gasteiger charge is 2.30. The zero-order valence-corrected chi connectivity index (χ0v) is 28.2. The fraction of sp³-hybridized carbons (Fsp3) is 0.405. The second-order valence-electron chi connectivity index (χ2n) is 13.9. The van der Waals surface area contributed by atoms with Gasteiger partial charge in [-0.2, -0.15) is 0 Å². The van der Waals surface area contributed by atoms with Crippen LogP contribution in [0.25, 0.3) is 5.65 Å². The van der Waals surface area contributed by atoms with E-state index < -0.39 is 0 Å². The number of ether oxygens (including phenoxy) is 1. The van der Waals surface area contributed by atoms with Gasteiger partial charge in [-0.15, -0.1) is 10.2 Å². The topological polar surface area (TPSA) is 142 Å². The molecule has 1 fully saturated rings. The summed E-state index contributed by atoms with van der Waals surface area (Å²) in [6.45, 7) is 9.96. The van der Waals surface area contributed by atoms with Crippen molar-refractivity contribution in [3.63, 3.8) is 0 Å². The van der Waals surface area contributed by atoms with Crippen LogP contribution in [0, 0.1) is 18.3 Å². The van der Waals surface area contributed by atoms with E-state index in [9.17, 15) is 9.90 Å². The highest BCUT2D eigenvalue weighted by molar-refractivity contribution is 6.05. The number of benzene rings is 2. The smallest absolute Gasteiger partial charge is 0.320 e. The Morgan fingerprint density at radius 1 is 1.02 bits per heavy atom. The van der Waals surface area contributed by atoms with Crippen LogP contribution in [-0.4, -0.2) is 51.3 Å². The molecule has 5 N–H and O–H groups in total. The number of nitrogens with one attached hydrogen (secondary N) is 2. The van der Waals surface area contributed by atoms with Gasteiger partial charge in [0.15, 0.2) is 5.65 Å². The number of piperidine rings is 1. The Balaban J connectivity index is 1.17. The molecule has 0 bridgehead atoms. The first-order valence-corrected chi connectivity index (χ1v) is 16.7. The molecule has 2 aliphatic rings. The fourth-order valence-electron chi connectivity index (χ4n) is 6.18. The molecule has 11 nitrogen and oxygen atoms in total. The Morgan fingerprint density at radius 2 is 1.75 bits per heavy atom. The number of amidine groups is 1. The summed E-state index contributed by atoms with van der Waals surface area (Å²) in [5.74, 6) is 2.22. The van der Waals surface area contributed by atoms with Gasteiger partial charge < -0.3 is 25.8 Å². The number of nitrogens with two attached hydrogens (primary N) is 1. The van der Waals surface area contributed by atoms with Gasteiger partial charge in [-0.3, -0.25) is 9.72 Å². The van der Waals surface area contributed by atoms with Crippen molar-refractivity contribution in [1.29, 1.82) is 0 Å². The molecule has 0 radical (unpaired) electrons. The highest BCUT2D eigenvalue weighted by Crippen LogP contribution is 2.39. The number of hydrogen-bond donors (Lipinski definition) is 4. The lowest BCUT2D eigenvalue weighted by atomic mass is 9.85. The van der Waals surface area contributed by atoms with Crippen LogP contribution in [0.3, 0.4) is 0 Å². The van der Waals surface area contributed by atoms with Crippen molar-refractivity contribution in [2.24, 2.45) is 22.1 Å². The van der Waals surface area contributed by atoms with E-state index >= 15 is 0 Å². The van der Waals surface area contributed by atoms with Crippen molar-refractivity contribution in [3.8, 4) is 5.75 Å². The van der Waals surface area contributed by atoms with E-state index in [0.29, 0.717) is 30.3 Å². The summed E-state index contributed by atoms with van der Waals surface area (Å²) in [7, 11) is 0. The molecule has 1 aliphatic heterocycles. The van der Waals surface area contributed by atoms with Crippen LogP contribution in [0.15, 0.2) is 83.6 Å². The number of aryl methyl sites for hydroxylation is 1. The van der Waals surface area contributed by atoms with Gasteiger partial charge in [-0.05, 0) is 73.9 Å². The molecule has 11 heteroatoms. The van der Waals surface area contributed by atoms with Gasteiger partial charge in [0.05, 0.1) is 17.9 Å². The largest absolute Gasteiger partial charge is 0.484 e. The first-order valence-electron chi connectivity index (χ1n) is 16.7. The lowest BCUT2D eigenvalue weighted by Crippen LogP contribution is -2.42. The monoisotopic (exact) mass is 650 g/mol. The third-order valence-electron chi connectivity index (χ3n) is 9.22. The standard InChI is InChI=1S/C37H46N8O3/c1-24-9-11-26(12-10-24)39-33(21-32(38)37(2,3)4)41-35(47)40-30-14-15-31(29-8-6-5-7-28(29)30)48-27-13-16-34-42-43-36(45(34)22-27)44-19-17-25(23-46)18-20-44/h5-13,16,21-22,25,30-31,46H,14-15,17-20,23,38H2,1-4H3,(H2,39,40,41,47)/t30?,31-/m1/s1. The van der Waals surface area contributed by atoms with Crippen LogP contribution < -0.4 is 26.0 Å². The molecule has 4 aromatic rings. The molecule has 6 rings (SSSR count). The second-order valence-corrected chi connectivity index (χ2v) is 13.9. The summed E-state index contributed by atoms with van der Waals surface area (Å²) in [4.78, 5) is 20.4. The molecule has 1 aliphatic carbocycles. The van der Waals surface area contributed by atoms with Gasteiger partial charge in [0.25, 0.3) is 0 Å². The van der Waals surface area contributed by atoms with Crippen molar-refractivity contribution in [3.05, 3.63) is 95.3 Å². The van der Waals surface area contributed by atoms with Crippen LogP contribution in [0.1, 0.15) is 75.3 Å². The molecule has 0 saturated carbocycles. The Bertz CT molecular complexity index is 1800. The molecule has 2 amide bonds. The maximum atomic E-state index is 13.4. The van der Waals surface area contributed by atoms with Gasteiger partial charge in [0, 0.05) is 36.9 Å². The third-order valence-corrected chi connectivity index (χ3v) is 9.22. The zero-order chi connectivity index (χ0) is 33.8. The number of fused-ring (bicyclic) bond motifs is 2. The highest BCUT2D eigenvalue weighted by atomic mass is 16.5. The number of aliphatic imine (C=N–C) groups is 1. The predicted octanol–water partition coefficient (Wildman–Crippen LogP) is 6.12. The number of hydrogen-bond acceptors (Lipinski definition) is 8. The summed E-state index contributed by atoms with van der Waals surface area (Å²) < 4.78 is 8.59. The van der Waals surface area contributed by atoms with Crippen LogP contribution in [0.4, 0.5) is 16.4 Å². The van der Waals surface area contributed by atoms with E-state index in [1.165, 1.54) is 0 Å².